The standard InChI is InChI=1S/C13H16BrN3O/c1-9-11-6-10(14)7-12(13(11)16-8-15-9)18-5-4-17(2)3/h6-8H,4-5H2,1-3H3. The number of hydrogen-bond donors (Lipinski definition) is 0. The molecule has 0 aliphatic rings. The van der Waals surface area contributed by atoms with Gasteiger partial charge in [0.05, 0.1) is 0 Å². The van der Waals surface area contributed by atoms with Crippen LogP contribution < -0.4 is 4.74 Å². The number of aryl methyl sites for hydroxylation is 1. The van der Waals surface area contributed by atoms with E-state index < -0.39 is 0 Å². The summed E-state index contributed by atoms with van der Waals surface area (Å²) < 4.78 is 6.78. The fourth-order valence-electron chi connectivity index (χ4n) is 1.67. The molecular weight excluding hydrogens is 294 g/mol. The third-order valence-corrected chi connectivity index (χ3v) is 3.12. The summed E-state index contributed by atoms with van der Waals surface area (Å²) in [6, 6.07) is 3.97. The molecule has 4 nitrogen and oxygen atoms in total. The van der Waals surface area contributed by atoms with Crippen molar-refractivity contribution < 1.29 is 4.74 Å². The van der Waals surface area contributed by atoms with Crippen molar-refractivity contribution >= 4 is 26.8 Å². The summed E-state index contributed by atoms with van der Waals surface area (Å²) in [6.45, 7) is 3.49. The molecule has 1 aromatic heterocycles. The highest BCUT2D eigenvalue weighted by Gasteiger charge is 2.08. The molecule has 0 aliphatic heterocycles. The molecule has 0 atom stereocenters. The minimum absolute atomic E-state index is 0.640. The lowest BCUT2D eigenvalue weighted by atomic mass is 10.2. The van der Waals surface area contributed by atoms with Crippen LogP contribution >= 0.6 is 15.9 Å². The first-order chi connectivity index (χ1) is 8.58. The monoisotopic (exact) mass is 309 g/mol. The molecule has 0 aliphatic carbocycles. The maximum Gasteiger partial charge on any atom is 0.146 e. The summed E-state index contributed by atoms with van der Waals surface area (Å²) in [5.41, 5.74) is 1.82. The first-order valence-corrected chi connectivity index (χ1v) is 6.55. The highest BCUT2D eigenvalue weighted by molar-refractivity contribution is 9.10. The molecule has 0 N–H and O–H groups in total. The number of hydrogen-bond acceptors (Lipinski definition) is 4. The zero-order valence-electron chi connectivity index (χ0n) is 10.8. The molecular formula is C13H16BrN3O. The highest BCUT2D eigenvalue weighted by Crippen LogP contribution is 2.29. The van der Waals surface area contributed by atoms with Gasteiger partial charge in [0.2, 0.25) is 0 Å². The molecule has 0 fully saturated rings. The van der Waals surface area contributed by atoms with Gasteiger partial charge in [-0.2, -0.15) is 0 Å². The Labute approximate surface area is 115 Å². The van der Waals surface area contributed by atoms with Gasteiger partial charge >= 0.3 is 0 Å². The summed E-state index contributed by atoms with van der Waals surface area (Å²) in [5.74, 6) is 0.798. The van der Waals surface area contributed by atoms with Crippen LogP contribution in [0.25, 0.3) is 10.9 Å². The molecule has 96 valence electrons. The molecule has 1 heterocycles. The van der Waals surface area contributed by atoms with Gasteiger partial charge in [-0.05, 0) is 33.2 Å². The predicted octanol–water partition coefficient (Wildman–Crippen LogP) is 2.64. The number of benzene rings is 1. The van der Waals surface area contributed by atoms with E-state index in [1.807, 2.05) is 33.2 Å². The van der Waals surface area contributed by atoms with Crippen LogP contribution in [-0.4, -0.2) is 42.1 Å². The van der Waals surface area contributed by atoms with E-state index in [-0.39, 0.29) is 0 Å². The highest BCUT2D eigenvalue weighted by atomic mass is 79.9. The Kier molecular flexibility index (Phi) is 4.14. The van der Waals surface area contributed by atoms with Gasteiger partial charge in [-0.25, -0.2) is 9.97 Å². The van der Waals surface area contributed by atoms with Gasteiger partial charge in [0.1, 0.15) is 24.2 Å². The van der Waals surface area contributed by atoms with E-state index in [0.29, 0.717) is 6.61 Å². The van der Waals surface area contributed by atoms with Crippen molar-refractivity contribution in [2.75, 3.05) is 27.2 Å². The van der Waals surface area contributed by atoms with Crippen LogP contribution in [0, 0.1) is 6.92 Å². The zero-order chi connectivity index (χ0) is 13.1. The number of rotatable bonds is 4. The largest absolute Gasteiger partial charge is 0.490 e. The predicted molar refractivity (Wildman–Crippen MR) is 76.0 cm³/mol. The molecule has 1 aromatic carbocycles. The first kappa shape index (κ1) is 13.2. The van der Waals surface area contributed by atoms with Crippen LogP contribution in [-0.2, 0) is 0 Å². The molecule has 0 unspecified atom stereocenters. The van der Waals surface area contributed by atoms with Crippen molar-refractivity contribution in [1.29, 1.82) is 0 Å². The lowest BCUT2D eigenvalue weighted by molar-refractivity contribution is 0.263. The van der Waals surface area contributed by atoms with Crippen LogP contribution in [0.15, 0.2) is 22.9 Å². The smallest absolute Gasteiger partial charge is 0.146 e. The number of nitrogens with zero attached hydrogens (tertiary/aromatic N) is 3. The Hall–Kier alpha value is -1.20. The van der Waals surface area contributed by atoms with Gasteiger partial charge in [0, 0.05) is 22.1 Å². The van der Waals surface area contributed by atoms with E-state index in [4.69, 9.17) is 4.74 Å². The van der Waals surface area contributed by atoms with Crippen LogP contribution in [0.1, 0.15) is 5.69 Å². The minimum Gasteiger partial charge on any atom is -0.490 e. The van der Waals surface area contributed by atoms with Crippen molar-refractivity contribution in [2.45, 2.75) is 6.92 Å². The average Bonchev–Trinajstić information content (AvgIpc) is 2.30. The van der Waals surface area contributed by atoms with Gasteiger partial charge < -0.3 is 9.64 Å². The third kappa shape index (κ3) is 2.97. The molecule has 0 amide bonds. The van der Waals surface area contributed by atoms with Crippen molar-refractivity contribution in [1.82, 2.24) is 14.9 Å². The Bertz CT molecular complexity index is 557. The van der Waals surface area contributed by atoms with E-state index in [2.05, 4.69) is 30.8 Å². The normalized spacial score (nSPS) is 11.2. The van der Waals surface area contributed by atoms with Gasteiger partial charge in [0.15, 0.2) is 0 Å². The molecule has 0 saturated carbocycles. The number of ether oxygens (including phenoxy) is 1. The van der Waals surface area contributed by atoms with Crippen molar-refractivity contribution in [3.05, 3.63) is 28.6 Å². The van der Waals surface area contributed by atoms with E-state index >= 15 is 0 Å². The van der Waals surface area contributed by atoms with E-state index in [0.717, 1.165) is 33.4 Å². The van der Waals surface area contributed by atoms with Gasteiger partial charge in [0.25, 0.3) is 0 Å². The Balaban J connectivity index is 2.34. The molecule has 0 spiro atoms. The summed E-state index contributed by atoms with van der Waals surface area (Å²) in [5, 5.41) is 1.02. The Morgan fingerprint density at radius 3 is 2.78 bits per heavy atom. The summed E-state index contributed by atoms with van der Waals surface area (Å²) in [6.07, 6.45) is 1.57. The van der Waals surface area contributed by atoms with Gasteiger partial charge in [-0.1, -0.05) is 15.9 Å². The summed E-state index contributed by atoms with van der Waals surface area (Å²) in [7, 11) is 4.05. The fourth-order valence-corrected chi connectivity index (χ4v) is 2.11. The minimum atomic E-state index is 0.640. The van der Waals surface area contributed by atoms with Crippen molar-refractivity contribution in [2.24, 2.45) is 0 Å². The van der Waals surface area contributed by atoms with Crippen LogP contribution in [0.2, 0.25) is 0 Å². The second-order valence-electron chi connectivity index (χ2n) is 4.41. The molecule has 0 radical (unpaired) electrons. The summed E-state index contributed by atoms with van der Waals surface area (Å²) in [4.78, 5) is 10.6. The number of likely N-dealkylation sites (N-methyl/N-ethyl adjacent to an activating group) is 1. The van der Waals surface area contributed by atoms with Crippen LogP contribution in [0.5, 0.6) is 5.75 Å². The maximum atomic E-state index is 5.80. The number of fused-ring (bicyclic) bond motifs is 1. The van der Waals surface area contributed by atoms with Gasteiger partial charge in [-0.15, -0.1) is 0 Å². The molecule has 2 rings (SSSR count). The fraction of sp³-hybridized carbons (Fsp3) is 0.385. The second kappa shape index (κ2) is 5.63. The number of halogens is 1. The van der Waals surface area contributed by atoms with E-state index in [1.54, 1.807) is 6.33 Å². The number of aromatic nitrogens is 2. The van der Waals surface area contributed by atoms with Crippen molar-refractivity contribution in [3.63, 3.8) is 0 Å². The van der Waals surface area contributed by atoms with Crippen LogP contribution in [0.4, 0.5) is 0 Å². The molecule has 5 heteroatoms. The summed E-state index contributed by atoms with van der Waals surface area (Å²) >= 11 is 3.49. The topological polar surface area (TPSA) is 38.3 Å². The lowest BCUT2D eigenvalue weighted by Gasteiger charge is -2.13. The SMILES string of the molecule is Cc1ncnc2c(OCCN(C)C)cc(Br)cc12. The molecule has 0 bridgehead atoms. The maximum absolute atomic E-state index is 5.80. The van der Waals surface area contributed by atoms with E-state index in [9.17, 15) is 0 Å². The quantitative estimate of drug-likeness (QED) is 0.870. The molecule has 18 heavy (non-hydrogen) atoms. The lowest BCUT2D eigenvalue weighted by Crippen LogP contribution is -2.19. The first-order valence-electron chi connectivity index (χ1n) is 5.76. The van der Waals surface area contributed by atoms with E-state index in [1.165, 1.54) is 0 Å². The molecule has 2 aromatic rings. The Morgan fingerprint density at radius 2 is 2.06 bits per heavy atom. The third-order valence-electron chi connectivity index (χ3n) is 2.66. The van der Waals surface area contributed by atoms with Gasteiger partial charge in [-0.3, -0.25) is 0 Å². The molecule has 0 saturated heterocycles. The zero-order valence-corrected chi connectivity index (χ0v) is 12.4. The average molecular weight is 310 g/mol. The van der Waals surface area contributed by atoms with Crippen LogP contribution in [0.3, 0.4) is 0 Å². The van der Waals surface area contributed by atoms with Crippen molar-refractivity contribution in [3.8, 4) is 5.75 Å². The Morgan fingerprint density at radius 1 is 1.28 bits per heavy atom. The second-order valence-corrected chi connectivity index (χ2v) is 5.33.